The van der Waals surface area contributed by atoms with Crippen LogP contribution in [0.4, 0.5) is 0 Å². The number of rotatable bonds is 7. The highest BCUT2D eigenvalue weighted by molar-refractivity contribution is 6.31. The molecule has 0 fully saturated rings. The van der Waals surface area contributed by atoms with E-state index in [1.807, 2.05) is 6.07 Å². The first kappa shape index (κ1) is 22.2. The van der Waals surface area contributed by atoms with Gasteiger partial charge in [0.15, 0.2) is 11.2 Å². The minimum atomic E-state index is -0.466. The Bertz CT molecular complexity index is 1390. The van der Waals surface area contributed by atoms with Crippen molar-refractivity contribution in [3.8, 4) is 11.4 Å². The van der Waals surface area contributed by atoms with Crippen molar-refractivity contribution in [3.63, 3.8) is 0 Å². The fraction of sp³-hybridized carbons (Fsp3) is 0.238. The summed E-state index contributed by atoms with van der Waals surface area (Å²) in [5.41, 5.74) is 1.02. The fourth-order valence-electron chi connectivity index (χ4n) is 3.54. The Morgan fingerprint density at radius 3 is 2.59 bits per heavy atom. The molecular formula is C21H20Cl2N6O3. The molecule has 0 atom stereocenters. The number of pyridine rings is 1. The molecule has 0 saturated heterocycles. The van der Waals surface area contributed by atoms with Gasteiger partial charge in [0.05, 0.1) is 23.9 Å². The molecule has 3 aromatic heterocycles. The van der Waals surface area contributed by atoms with Gasteiger partial charge in [-0.15, -0.1) is 0 Å². The summed E-state index contributed by atoms with van der Waals surface area (Å²) >= 11 is 12.2. The van der Waals surface area contributed by atoms with Crippen LogP contribution in [0.15, 0.2) is 52.2 Å². The SMILES string of the molecule is Cn1c(=O)n(CCCON)c(=O)c2c1nc(-c1cccc(Cl)c1)n2Cc1ccc(Cl)cn1. The summed E-state index contributed by atoms with van der Waals surface area (Å²) in [4.78, 5) is 39.9. The lowest BCUT2D eigenvalue weighted by molar-refractivity contribution is 0.131. The van der Waals surface area contributed by atoms with Gasteiger partial charge in [-0.05, 0) is 30.7 Å². The molecule has 4 aromatic rings. The second kappa shape index (κ2) is 9.25. The summed E-state index contributed by atoms with van der Waals surface area (Å²) in [5.74, 6) is 5.57. The third kappa shape index (κ3) is 4.20. The van der Waals surface area contributed by atoms with E-state index in [0.29, 0.717) is 33.5 Å². The lowest BCUT2D eigenvalue weighted by Crippen LogP contribution is -2.40. The van der Waals surface area contributed by atoms with Gasteiger partial charge in [0, 0.05) is 30.4 Å². The zero-order valence-electron chi connectivity index (χ0n) is 17.2. The highest BCUT2D eigenvalue weighted by Gasteiger charge is 2.21. The average Bonchev–Trinajstić information content (AvgIpc) is 3.16. The molecule has 9 nitrogen and oxygen atoms in total. The quantitative estimate of drug-likeness (QED) is 0.325. The number of fused-ring (bicyclic) bond motifs is 1. The number of benzene rings is 1. The van der Waals surface area contributed by atoms with Gasteiger partial charge in [-0.25, -0.2) is 15.7 Å². The van der Waals surface area contributed by atoms with E-state index in [1.165, 1.54) is 10.8 Å². The second-order valence-electron chi connectivity index (χ2n) is 7.19. The number of nitrogens with two attached hydrogens (primary N) is 1. The number of hydrogen-bond donors (Lipinski definition) is 1. The molecule has 166 valence electrons. The van der Waals surface area contributed by atoms with E-state index in [2.05, 4.69) is 14.8 Å². The van der Waals surface area contributed by atoms with Crippen LogP contribution in [0.2, 0.25) is 10.0 Å². The second-order valence-corrected chi connectivity index (χ2v) is 8.07. The third-order valence-electron chi connectivity index (χ3n) is 5.07. The van der Waals surface area contributed by atoms with Crippen molar-refractivity contribution < 1.29 is 4.84 Å². The largest absolute Gasteiger partial charge is 0.332 e. The van der Waals surface area contributed by atoms with Gasteiger partial charge in [-0.2, -0.15) is 0 Å². The molecule has 11 heteroatoms. The Morgan fingerprint density at radius 1 is 1.09 bits per heavy atom. The Labute approximate surface area is 192 Å². The van der Waals surface area contributed by atoms with Crippen LogP contribution >= 0.6 is 23.2 Å². The van der Waals surface area contributed by atoms with Crippen LogP contribution in [0, 0.1) is 0 Å². The van der Waals surface area contributed by atoms with Gasteiger partial charge < -0.3 is 9.40 Å². The van der Waals surface area contributed by atoms with Gasteiger partial charge in [-0.3, -0.25) is 18.9 Å². The van der Waals surface area contributed by atoms with Gasteiger partial charge in [0.2, 0.25) is 0 Å². The molecule has 0 amide bonds. The molecule has 1 aromatic carbocycles. The normalized spacial score (nSPS) is 11.4. The van der Waals surface area contributed by atoms with Crippen LogP contribution < -0.4 is 17.1 Å². The first-order valence-corrected chi connectivity index (χ1v) is 10.5. The van der Waals surface area contributed by atoms with Crippen LogP contribution in [0.1, 0.15) is 12.1 Å². The van der Waals surface area contributed by atoms with Gasteiger partial charge in [0.1, 0.15) is 5.82 Å². The van der Waals surface area contributed by atoms with Crippen molar-refractivity contribution in [3.05, 3.63) is 79.2 Å². The predicted octanol–water partition coefficient (Wildman–Crippen LogP) is 2.59. The Kier molecular flexibility index (Phi) is 6.43. The molecule has 0 saturated carbocycles. The standard InChI is InChI=1S/C21H20Cl2N6O3/c1-27-19-17(20(30)28(21(27)31)8-3-9-32-24)29(12-16-7-6-15(23)11-25-16)18(26-19)13-4-2-5-14(22)10-13/h2,4-7,10-11H,3,8-9,12,24H2,1H3. The molecule has 3 heterocycles. The molecular weight excluding hydrogens is 455 g/mol. The average molecular weight is 475 g/mol. The Hall–Kier alpha value is -2.98. The van der Waals surface area contributed by atoms with Crippen molar-refractivity contribution in [2.45, 2.75) is 19.5 Å². The molecule has 0 aliphatic rings. The lowest BCUT2D eigenvalue weighted by Gasteiger charge is -2.11. The zero-order chi connectivity index (χ0) is 22.8. The van der Waals surface area contributed by atoms with Crippen LogP contribution in [-0.4, -0.2) is 30.3 Å². The third-order valence-corrected chi connectivity index (χ3v) is 5.53. The maximum atomic E-state index is 13.4. The van der Waals surface area contributed by atoms with E-state index < -0.39 is 11.2 Å². The molecule has 0 aliphatic heterocycles. The Balaban J connectivity index is 1.99. The van der Waals surface area contributed by atoms with Crippen LogP contribution in [0.25, 0.3) is 22.6 Å². The lowest BCUT2D eigenvalue weighted by atomic mass is 10.2. The minimum Gasteiger partial charge on any atom is -0.312 e. The van der Waals surface area contributed by atoms with Crippen molar-refractivity contribution in [2.24, 2.45) is 12.9 Å². The van der Waals surface area contributed by atoms with E-state index in [4.69, 9.17) is 29.1 Å². The number of aromatic nitrogens is 5. The van der Waals surface area contributed by atoms with E-state index in [0.717, 1.165) is 4.57 Å². The molecule has 0 spiro atoms. The highest BCUT2D eigenvalue weighted by atomic mass is 35.5. The number of halogens is 2. The maximum Gasteiger partial charge on any atom is 0.332 e. The molecule has 32 heavy (non-hydrogen) atoms. The summed E-state index contributed by atoms with van der Waals surface area (Å²) in [7, 11) is 1.58. The molecule has 0 bridgehead atoms. The maximum absolute atomic E-state index is 13.4. The van der Waals surface area contributed by atoms with Crippen molar-refractivity contribution >= 4 is 34.4 Å². The molecule has 0 unspecified atom stereocenters. The van der Waals surface area contributed by atoms with Gasteiger partial charge in [0.25, 0.3) is 5.56 Å². The summed E-state index contributed by atoms with van der Waals surface area (Å²) in [6.45, 7) is 0.625. The predicted molar refractivity (Wildman–Crippen MR) is 123 cm³/mol. The number of hydrogen-bond acceptors (Lipinski definition) is 6. The minimum absolute atomic E-state index is 0.162. The van der Waals surface area contributed by atoms with Gasteiger partial charge in [-0.1, -0.05) is 35.3 Å². The van der Waals surface area contributed by atoms with E-state index in [1.54, 1.807) is 41.9 Å². The highest BCUT2D eigenvalue weighted by Crippen LogP contribution is 2.26. The summed E-state index contributed by atoms with van der Waals surface area (Å²) in [6, 6.07) is 10.6. The van der Waals surface area contributed by atoms with Crippen molar-refractivity contribution in [1.82, 2.24) is 23.7 Å². The molecule has 0 radical (unpaired) electrons. The first-order valence-electron chi connectivity index (χ1n) is 9.79. The molecule has 4 rings (SSSR count). The van der Waals surface area contributed by atoms with E-state index in [-0.39, 0.29) is 30.9 Å². The molecule has 2 N–H and O–H groups in total. The monoisotopic (exact) mass is 474 g/mol. The van der Waals surface area contributed by atoms with Crippen LogP contribution in [0.5, 0.6) is 0 Å². The summed E-state index contributed by atoms with van der Waals surface area (Å²) < 4.78 is 4.27. The summed E-state index contributed by atoms with van der Waals surface area (Å²) in [5, 5.41) is 1.03. The number of nitrogens with zero attached hydrogens (tertiary/aromatic N) is 5. The summed E-state index contributed by atoms with van der Waals surface area (Å²) in [6.07, 6.45) is 1.95. The first-order chi connectivity index (χ1) is 15.4. The van der Waals surface area contributed by atoms with Crippen LogP contribution in [-0.2, 0) is 25.0 Å². The number of imidazole rings is 1. The van der Waals surface area contributed by atoms with Crippen molar-refractivity contribution in [2.75, 3.05) is 6.61 Å². The molecule has 0 aliphatic carbocycles. The topological polar surface area (TPSA) is 110 Å². The zero-order valence-corrected chi connectivity index (χ0v) is 18.7. The fourth-order valence-corrected chi connectivity index (χ4v) is 3.84. The number of aryl methyl sites for hydroxylation is 1. The van der Waals surface area contributed by atoms with Crippen LogP contribution in [0.3, 0.4) is 0 Å². The van der Waals surface area contributed by atoms with Gasteiger partial charge >= 0.3 is 5.69 Å². The van der Waals surface area contributed by atoms with Crippen molar-refractivity contribution in [1.29, 1.82) is 0 Å². The smallest absolute Gasteiger partial charge is 0.312 e. The Morgan fingerprint density at radius 2 is 1.91 bits per heavy atom. The van der Waals surface area contributed by atoms with E-state index in [9.17, 15) is 9.59 Å². The van der Waals surface area contributed by atoms with E-state index >= 15 is 0 Å².